The summed E-state index contributed by atoms with van der Waals surface area (Å²) in [7, 11) is 0. The molecule has 1 atom stereocenters. The zero-order chi connectivity index (χ0) is 15.3. The van der Waals surface area contributed by atoms with Crippen LogP contribution in [0.5, 0.6) is 0 Å². The Labute approximate surface area is 125 Å². The number of hydrogen-bond acceptors (Lipinski definition) is 4. The van der Waals surface area contributed by atoms with Crippen LogP contribution in [0.15, 0.2) is 36.5 Å². The largest absolute Gasteiger partial charge is 0.384 e. The lowest BCUT2D eigenvalue weighted by atomic mass is 9.90. The van der Waals surface area contributed by atoms with Gasteiger partial charge in [0, 0.05) is 23.6 Å². The van der Waals surface area contributed by atoms with Crippen LogP contribution >= 0.6 is 0 Å². The maximum atomic E-state index is 12.3. The zero-order valence-corrected chi connectivity index (χ0v) is 11.7. The molecule has 3 heterocycles. The third-order valence-electron chi connectivity index (χ3n) is 4.14. The van der Waals surface area contributed by atoms with Crippen LogP contribution in [0.25, 0.3) is 16.6 Å². The average Bonchev–Trinajstić information content (AvgIpc) is 2.81. The van der Waals surface area contributed by atoms with E-state index in [1.54, 1.807) is 6.07 Å². The van der Waals surface area contributed by atoms with Gasteiger partial charge in [-0.05, 0) is 18.6 Å². The average molecular weight is 294 g/mol. The minimum absolute atomic E-state index is 0.221. The molecular weight excluding hydrogens is 280 g/mol. The Morgan fingerprint density at radius 3 is 2.86 bits per heavy atom. The number of nitrogens with two attached hydrogens (primary N) is 1. The van der Waals surface area contributed by atoms with Gasteiger partial charge in [0.1, 0.15) is 11.5 Å². The van der Waals surface area contributed by atoms with Crippen LogP contribution in [0, 0.1) is 0 Å². The van der Waals surface area contributed by atoms with Crippen molar-refractivity contribution in [2.75, 3.05) is 5.73 Å². The molecule has 2 aromatic heterocycles. The lowest BCUT2D eigenvalue weighted by molar-refractivity contribution is -0.134. The molecule has 0 bridgehead atoms. The van der Waals surface area contributed by atoms with Gasteiger partial charge in [0.25, 0.3) is 0 Å². The van der Waals surface area contributed by atoms with Crippen LogP contribution in [0.3, 0.4) is 0 Å². The fraction of sp³-hybridized carbons (Fsp3) is 0.188. The number of carbonyl (C=O) groups excluding carboxylic acids is 2. The first-order valence-corrected chi connectivity index (χ1v) is 7.14. The number of nitrogens with zero attached hydrogens (tertiary/aromatic N) is 2. The molecule has 0 spiro atoms. The van der Waals surface area contributed by atoms with E-state index < -0.39 is 0 Å². The summed E-state index contributed by atoms with van der Waals surface area (Å²) < 4.78 is 1.94. The second-order valence-corrected chi connectivity index (χ2v) is 5.48. The summed E-state index contributed by atoms with van der Waals surface area (Å²) >= 11 is 0. The third-order valence-corrected chi connectivity index (χ3v) is 4.14. The number of carbonyl (C=O) groups is 2. The van der Waals surface area contributed by atoms with E-state index in [9.17, 15) is 9.59 Å². The second-order valence-electron chi connectivity index (χ2n) is 5.48. The van der Waals surface area contributed by atoms with Crippen molar-refractivity contribution in [2.24, 2.45) is 0 Å². The van der Waals surface area contributed by atoms with E-state index in [2.05, 4.69) is 10.3 Å². The molecule has 2 amide bonds. The summed E-state index contributed by atoms with van der Waals surface area (Å²) in [6.07, 6.45) is 2.69. The Kier molecular flexibility index (Phi) is 2.66. The standard InChI is InChI=1S/C16H14N4O2/c17-12-7-8-20-11-4-2-1-3-9(11)14(15(20)18-12)10-5-6-13(21)19-16(10)22/h1-4,7-8,10H,5-6H2,(H2,17,18)(H,19,21,22). The highest BCUT2D eigenvalue weighted by Gasteiger charge is 2.32. The number of anilines is 1. The number of fused-ring (bicyclic) bond motifs is 3. The molecule has 6 nitrogen and oxygen atoms in total. The molecule has 1 fully saturated rings. The molecule has 0 radical (unpaired) electrons. The number of hydrogen-bond donors (Lipinski definition) is 2. The van der Waals surface area contributed by atoms with Crippen molar-refractivity contribution in [3.05, 3.63) is 42.1 Å². The van der Waals surface area contributed by atoms with Crippen molar-refractivity contribution in [2.45, 2.75) is 18.8 Å². The predicted molar refractivity (Wildman–Crippen MR) is 82.2 cm³/mol. The molecule has 1 unspecified atom stereocenters. The molecule has 110 valence electrons. The summed E-state index contributed by atoms with van der Waals surface area (Å²) in [6.45, 7) is 0. The van der Waals surface area contributed by atoms with E-state index in [1.807, 2.05) is 34.9 Å². The summed E-state index contributed by atoms with van der Waals surface area (Å²) in [6, 6.07) is 9.56. The fourth-order valence-corrected chi connectivity index (χ4v) is 3.16. The van der Waals surface area contributed by atoms with Gasteiger partial charge in [0.05, 0.1) is 11.4 Å². The first-order chi connectivity index (χ1) is 10.6. The van der Waals surface area contributed by atoms with Crippen molar-refractivity contribution >= 4 is 34.2 Å². The maximum Gasteiger partial charge on any atom is 0.234 e. The Hall–Kier alpha value is -2.89. The van der Waals surface area contributed by atoms with E-state index >= 15 is 0 Å². The summed E-state index contributed by atoms with van der Waals surface area (Å²) in [4.78, 5) is 28.1. The smallest absolute Gasteiger partial charge is 0.234 e. The first kappa shape index (κ1) is 12.8. The number of imide groups is 1. The Morgan fingerprint density at radius 2 is 2.05 bits per heavy atom. The van der Waals surface area contributed by atoms with Gasteiger partial charge in [-0.15, -0.1) is 0 Å². The molecule has 0 aliphatic carbocycles. The van der Waals surface area contributed by atoms with E-state index in [4.69, 9.17) is 5.73 Å². The molecule has 22 heavy (non-hydrogen) atoms. The van der Waals surface area contributed by atoms with Crippen LogP contribution in [0.4, 0.5) is 5.82 Å². The van der Waals surface area contributed by atoms with Crippen LogP contribution in [-0.2, 0) is 9.59 Å². The molecule has 1 saturated heterocycles. The quantitative estimate of drug-likeness (QED) is 0.667. The van der Waals surface area contributed by atoms with Crippen molar-refractivity contribution < 1.29 is 9.59 Å². The van der Waals surface area contributed by atoms with E-state index in [1.165, 1.54) is 0 Å². The Bertz CT molecular complexity index is 928. The van der Waals surface area contributed by atoms with Gasteiger partial charge in [0.2, 0.25) is 11.8 Å². The highest BCUT2D eigenvalue weighted by molar-refractivity contribution is 6.05. The van der Waals surface area contributed by atoms with Gasteiger partial charge in [-0.1, -0.05) is 18.2 Å². The minimum Gasteiger partial charge on any atom is -0.384 e. The number of para-hydroxylation sites is 1. The molecule has 4 rings (SSSR count). The van der Waals surface area contributed by atoms with Gasteiger partial charge in [0.15, 0.2) is 0 Å². The molecule has 6 heteroatoms. The lowest BCUT2D eigenvalue weighted by Gasteiger charge is -2.20. The molecule has 3 aromatic rings. The van der Waals surface area contributed by atoms with Gasteiger partial charge < -0.3 is 10.1 Å². The zero-order valence-electron chi connectivity index (χ0n) is 11.7. The third kappa shape index (κ3) is 1.77. The van der Waals surface area contributed by atoms with Gasteiger partial charge >= 0.3 is 0 Å². The van der Waals surface area contributed by atoms with Crippen LogP contribution < -0.4 is 11.1 Å². The number of aromatic nitrogens is 2. The number of amides is 2. The lowest BCUT2D eigenvalue weighted by Crippen LogP contribution is -2.39. The monoisotopic (exact) mass is 294 g/mol. The molecule has 1 aromatic carbocycles. The van der Waals surface area contributed by atoms with Crippen LogP contribution in [0.1, 0.15) is 24.3 Å². The first-order valence-electron chi connectivity index (χ1n) is 7.14. The van der Waals surface area contributed by atoms with E-state index in [-0.39, 0.29) is 17.7 Å². The van der Waals surface area contributed by atoms with Gasteiger partial charge in [-0.25, -0.2) is 4.98 Å². The van der Waals surface area contributed by atoms with Crippen molar-refractivity contribution in [1.82, 2.24) is 14.7 Å². The molecular formula is C16H14N4O2. The maximum absolute atomic E-state index is 12.3. The molecule has 1 aliphatic heterocycles. The highest BCUT2D eigenvalue weighted by atomic mass is 16.2. The van der Waals surface area contributed by atoms with Gasteiger partial charge in [-0.2, -0.15) is 0 Å². The summed E-state index contributed by atoms with van der Waals surface area (Å²) in [5.74, 6) is -0.467. The van der Waals surface area contributed by atoms with E-state index in [0.29, 0.717) is 24.3 Å². The molecule has 1 aliphatic rings. The van der Waals surface area contributed by atoms with Crippen molar-refractivity contribution in [3.8, 4) is 0 Å². The Morgan fingerprint density at radius 1 is 1.23 bits per heavy atom. The SMILES string of the molecule is Nc1ccn2c(n1)c(C1CCC(=O)NC1=O)c1ccccc12. The minimum atomic E-state index is -0.387. The normalized spacial score (nSPS) is 18.8. The predicted octanol–water partition coefficient (Wildman–Crippen LogP) is 1.59. The number of nitrogens with one attached hydrogen (secondary N) is 1. The van der Waals surface area contributed by atoms with Gasteiger partial charge in [-0.3, -0.25) is 14.9 Å². The summed E-state index contributed by atoms with van der Waals surface area (Å²) in [5, 5.41) is 3.38. The van der Waals surface area contributed by atoms with E-state index in [0.717, 1.165) is 16.5 Å². The number of rotatable bonds is 1. The second kappa shape index (κ2) is 4.56. The van der Waals surface area contributed by atoms with Crippen LogP contribution in [-0.4, -0.2) is 21.2 Å². The topological polar surface area (TPSA) is 89.5 Å². The number of benzene rings is 1. The Balaban J connectivity index is 2.04. The highest BCUT2D eigenvalue weighted by Crippen LogP contribution is 2.35. The fourth-order valence-electron chi connectivity index (χ4n) is 3.16. The van der Waals surface area contributed by atoms with Crippen molar-refractivity contribution in [3.63, 3.8) is 0 Å². The molecule has 0 saturated carbocycles. The molecule has 3 N–H and O–H groups in total. The number of piperidine rings is 1. The van der Waals surface area contributed by atoms with Crippen molar-refractivity contribution in [1.29, 1.82) is 0 Å². The number of nitrogen functional groups attached to an aromatic ring is 1. The van der Waals surface area contributed by atoms with Crippen LogP contribution in [0.2, 0.25) is 0 Å². The summed E-state index contributed by atoms with van der Waals surface area (Å²) in [5.41, 5.74) is 8.32.